The van der Waals surface area contributed by atoms with Crippen LogP contribution in [0.2, 0.25) is 0 Å². The molecule has 0 radical (unpaired) electrons. The van der Waals surface area contributed by atoms with Crippen LogP contribution in [0.4, 0.5) is 0 Å². The lowest BCUT2D eigenvalue weighted by molar-refractivity contribution is 0.767. The molecule has 0 unspecified atom stereocenters. The van der Waals surface area contributed by atoms with Gasteiger partial charge in [0.25, 0.3) is 5.56 Å². The van der Waals surface area contributed by atoms with Crippen molar-refractivity contribution in [3.63, 3.8) is 0 Å². The zero-order valence-electron chi connectivity index (χ0n) is 11.0. The van der Waals surface area contributed by atoms with E-state index in [9.17, 15) is 4.79 Å². The second-order valence-corrected chi connectivity index (χ2v) is 5.47. The highest BCUT2D eigenvalue weighted by Crippen LogP contribution is 2.14. The van der Waals surface area contributed by atoms with E-state index in [4.69, 9.17) is 5.26 Å². The first kappa shape index (κ1) is 13.5. The van der Waals surface area contributed by atoms with Crippen molar-refractivity contribution >= 4 is 26.7 Å². The van der Waals surface area contributed by atoms with E-state index in [1.54, 1.807) is 35.2 Å². The third-order valence-electron chi connectivity index (χ3n) is 3.24. The van der Waals surface area contributed by atoms with Crippen LogP contribution in [-0.4, -0.2) is 9.55 Å². The van der Waals surface area contributed by atoms with E-state index in [2.05, 4.69) is 27.0 Å². The monoisotopic (exact) mass is 339 g/mol. The summed E-state index contributed by atoms with van der Waals surface area (Å²) in [5, 5.41) is 10.4. The van der Waals surface area contributed by atoms with Gasteiger partial charge in [-0.1, -0.05) is 12.1 Å². The predicted molar refractivity (Wildman–Crippen MR) is 84.0 cm³/mol. The standard InChI is InChI=1S/C16H10BrN3O/c17-15-7-14-13(9-19-15)4-5-20(16(14)21)10-12-3-1-2-11(6-12)8-18/h1-7,9H,10H2. The number of hydrogen-bond donors (Lipinski definition) is 0. The first-order valence-corrected chi connectivity index (χ1v) is 7.10. The van der Waals surface area contributed by atoms with Crippen LogP contribution in [0, 0.1) is 11.3 Å². The van der Waals surface area contributed by atoms with Gasteiger partial charge in [0.15, 0.2) is 0 Å². The summed E-state index contributed by atoms with van der Waals surface area (Å²) < 4.78 is 2.27. The molecule has 4 nitrogen and oxygen atoms in total. The Morgan fingerprint density at radius 2 is 2.14 bits per heavy atom. The Morgan fingerprint density at radius 3 is 2.95 bits per heavy atom. The maximum atomic E-state index is 12.5. The largest absolute Gasteiger partial charge is 0.311 e. The Hall–Kier alpha value is -2.45. The molecule has 0 aliphatic heterocycles. The summed E-state index contributed by atoms with van der Waals surface area (Å²) in [5.74, 6) is 0. The molecule has 0 N–H and O–H groups in total. The van der Waals surface area contributed by atoms with Gasteiger partial charge in [-0.15, -0.1) is 0 Å². The Balaban J connectivity index is 2.07. The fourth-order valence-electron chi connectivity index (χ4n) is 2.21. The summed E-state index contributed by atoms with van der Waals surface area (Å²) in [7, 11) is 0. The Labute approximate surface area is 129 Å². The molecule has 2 aromatic heterocycles. The van der Waals surface area contributed by atoms with Crippen LogP contribution in [0.1, 0.15) is 11.1 Å². The van der Waals surface area contributed by atoms with Gasteiger partial charge in [-0.3, -0.25) is 4.79 Å². The number of aromatic nitrogens is 2. The molecule has 0 amide bonds. The van der Waals surface area contributed by atoms with Gasteiger partial charge >= 0.3 is 0 Å². The Kier molecular flexibility index (Phi) is 3.55. The average molecular weight is 340 g/mol. The quantitative estimate of drug-likeness (QED) is 0.674. The zero-order chi connectivity index (χ0) is 14.8. The van der Waals surface area contributed by atoms with Crippen molar-refractivity contribution in [3.8, 4) is 6.07 Å². The van der Waals surface area contributed by atoms with Crippen molar-refractivity contribution in [1.29, 1.82) is 5.26 Å². The molecule has 0 aliphatic rings. The van der Waals surface area contributed by atoms with Crippen molar-refractivity contribution in [3.05, 3.63) is 74.9 Å². The third kappa shape index (κ3) is 2.71. The zero-order valence-corrected chi connectivity index (χ0v) is 12.5. The van der Waals surface area contributed by atoms with E-state index in [0.717, 1.165) is 10.9 Å². The van der Waals surface area contributed by atoms with Crippen LogP contribution in [0.15, 0.2) is 58.2 Å². The molecule has 0 saturated carbocycles. The number of nitrogens with zero attached hydrogens (tertiary/aromatic N) is 3. The number of nitriles is 1. The lowest BCUT2D eigenvalue weighted by Gasteiger charge is -2.07. The van der Waals surface area contributed by atoms with Crippen LogP contribution < -0.4 is 5.56 Å². The summed E-state index contributed by atoms with van der Waals surface area (Å²) in [6.45, 7) is 0.435. The smallest absolute Gasteiger partial charge is 0.258 e. The predicted octanol–water partition coefficient (Wildman–Crippen LogP) is 3.08. The molecule has 1 aromatic carbocycles. The minimum Gasteiger partial charge on any atom is -0.311 e. The second-order valence-electron chi connectivity index (χ2n) is 4.66. The van der Waals surface area contributed by atoms with Crippen LogP contribution in [0.3, 0.4) is 0 Å². The Bertz CT molecular complexity index is 925. The summed E-state index contributed by atoms with van der Waals surface area (Å²) in [6, 6.07) is 12.9. The van der Waals surface area contributed by atoms with Gasteiger partial charge in [-0.2, -0.15) is 5.26 Å². The molecule has 0 saturated heterocycles. The van der Waals surface area contributed by atoms with E-state index >= 15 is 0 Å². The van der Waals surface area contributed by atoms with Crippen molar-refractivity contribution < 1.29 is 0 Å². The molecule has 0 fully saturated rings. The number of rotatable bonds is 2. The van der Waals surface area contributed by atoms with Crippen LogP contribution in [0.25, 0.3) is 10.8 Å². The molecule has 0 bridgehead atoms. The maximum absolute atomic E-state index is 12.5. The fraction of sp³-hybridized carbons (Fsp3) is 0.0625. The van der Waals surface area contributed by atoms with Gasteiger partial charge in [0.05, 0.1) is 23.6 Å². The van der Waals surface area contributed by atoms with E-state index < -0.39 is 0 Å². The first-order valence-electron chi connectivity index (χ1n) is 6.31. The molecule has 102 valence electrons. The topological polar surface area (TPSA) is 58.7 Å². The SMILES string of the molecule is N#Cc1cccc(Cn2ccc3cnc(Br)cc3c2=O)c1. The minimum absolute atomic E-state index is 0.0713. The van der Waals surface area contributed by atoms with Gasteiger partial charge in [-0.05, 0) is 45.8 Å². The van der Waals surface area contributed by atoms with Crippen LogP contribution >= 0.6 is 15.9 Å². The van der Waals surface area contributed by atoms with Crippen molar-refractivity contribution in [1.82, 2.24) is 9.55 Å². The van der Waals surface area contributed by atoms with Gasteiger partial charge in [-0.25, -0.2) is 4.98 Å². The van der Waals surface area contributed by atoms with Crippen LogP contribution in [-0.2, 0) is 6.54 Å². The van der Waals surface area contributed by atoms with Crippen molar-refractivity contribution in [2.24, 2.45) is 0 Å². The van der Waals surface area contributed by atoms with Crippen molar-refractivity contribution in [2.75, 3.05) is 0 Å². The van der Waals surface area contributed by atoms with E-state index in [0.29, 0.717) is 22.1 Å². The van der Waals surface area contributed by atoms with Crippen LogP contribution in [0.5, 0.6) is 0 Å². The Morgan fingerprint density at radius 1 is 1.29 bits per heavy atom. The van der Waals surface area contributed by atoms with Gasteiger partial charge < -0.3 is 4.57 Å². The third-order valence-corrected chi connectivity index (χ3v) is 3.67. The molecular weight excluding hydrogens is 330 g/mol. The van der Waals surface area contributed by atoms with Gasteiger partial charge in [0.2, 0.25) is 0 Å². The average Bonchev–Trinajstić information content (AvgIpc) is 2.51. The molecule has 2 heterocycles. The summed E-state index contributed by atoms with van der Waals surface area (Å²) in [6.07, 6.45) is 3.42. The summed E-state index contributed by atoms with van der Waals surface area (Å²) in [5.41, 5.74) is 1.44. The molecule has 0 atom stereocenters. The van der Waals surface area contributed by atoms with E-state index in [1.165, 1.54) is 0 Å². The fourth-order valence-corrected chi connectivity index (χ4v) is 2.54. The first-order chi connectivity index (χ1) is 10.2. The number of halogens is 1. The van der Waals surface area contributed by atoms with E-state index in [1.807, 2.05) is 18.2 Å². The highest BCUT2D eigenvalue weighted by Gasteiger charge is 2.05. The maximum Gasteiger partial charge on any atom is 0.258 e. The van der Waals surface area contributed by atoms with Gasteiger partial charge in [0.1, 0.15) is 4.60 Å². The molecule has 3 aromatic rings. The highest BCUT2D eigenvalue weighted by molar-refractivity contribution is 9.10. The van der Waals surface area contributed by atoms with E-state index in [-0.39, 0.29) is 5.56 Å². The molecule has 5 heteroatoms. The minimum atomic E-state index is -0.0713. The number of benzene rings is 1. The number of pyridine rings is 2. The van der Waals surface area contributed by atoms with Crippen molar-refractivity contribution in [2.45, 2.75) is 6.54 Å². The number of hydrogen-bond acceptors (Lipinski definition) is 3. The molecule has 21 heavy (non-hydrogen) atoms. The summed E-state index contributed by atoms with van der Waals surface area (Å²) in [4.78, 5) is 16.6. The van der Waals surface area contributed by atoms with Gasteiger partial charge in [0, 0.05) is 17.8 Å². The normalized spacial score (nSPS) is 10.5. The lowest BCUT2D eigenvalue weighted by Crippen LogP contribution is -2.20. The second kappa shape index (κ2) is 5.51. The molecule has 3 rings (SSSR count). The molecular formula is C16H10BrN3O. The molecule has 0 spiro atoms. The highest BCUT2D eigenvalue weighted by atomic mass is 79.9. The number of fused-ring (bicyclic) bond motifs is 1. The molecule has 0 aliphatic carbocycles. The summed E-state index contributed by atoms with van der Waals surface area (Å²) >= 11 is 3.28. The lowest BCUT2D eigenvalue weighted by atomic mass is 10.1.